The molecular weight excluding hydrogens is 483 g/mol. The van der Waals surface area contributed by atoms with Crippen molar-refractivity contribution >= 4 is 52.3 Å². The Morgan fingerprint density at radius 2 is 2.00 bits per heavy atom. The van der Waals surface area contributed by atoms with Crippen molar-refractivity contribution in [3.63, 3.8) is 0 Å². The molecule has 2 aromatic heterocycles. The molecule has 0 aliphatic rings. The SMILES string of the molecule is CCNC(=NCCCn1c(C)nc2ccccc21)NCCc1csc(C)n1.I. The number of imidazole rings is 1. The van der Waals surface area contributed by atoms with E-state index in [2.05, 4.69) is 62.6 Å². The van der Waals surface area contributed by atoms with Gasteiger partial charge < -0.3 is 15.2 Å². The topological polar surface area (TPSA) is 67.1 Å². The van der Waals surface area contributed by atoms with E-state index in [1.54, 1.807) is 11.3 Å². The number of aromatic nitrogens is 3. The third-order valence-electron chi connectivity index (χ3n) is 4.34. The van der Waals surface area contributed by atoms with E-state index in [0.717, 1.165) is 67.0 Å². The Morgan fingerprint density at radius 1 is 1.18 bits per heavy atom. The minimum absolute atomic E-state index is 0. The number of aryl methyl sites for hydroxylation is 3. The van der Waals surface area contributed by atoms with Crippen molar-refractivity contribution in [2.24, 2.45) is 4.99 Å². The van der Waals surface area contributed by atoms with E-state index in [-0.39, 0.29) is 24.0 Å². The summed E-state index contributed by atoms with van der Waals surface area (Å²) in [4.78, 5) is 13.8. The number of nitrogens with one attached hydrogen (secondary N) is 2. The van der Waals surface area contributed by atoms with Gasteiger partial charge in [-0.15, -0.1) is 35.3 Å². The van der Waals surface area contributed by atoms with Crippen LogP contribution < -0.4 is 10.6 Å². The number of thiazole rings is 1. The van der Waals surface area contributed by atoms with Crippen LogP contribution in [0.2, 0.25) is 0 Å². The van der Waals surface area contributed by atoms with Crippen molar-refractivity contribution in [2.45, 2.75) is 40.2 Å². The second kappa shape index (κ2) is 11.4. The van der Waals surface area contributed by atoms with Crippen molar-refractivity contribution in [1.29, 1.82) is 0 Å². The summed E-state index contributed by atoms with van der Waals surface area (Å²) in [6.07, 6.45) is 1.89. The maximum absolute atomic E-state index is 4.70. The number of benzene rings is 1. The molecule has 0 aliphatic heterocycles. The van der Waals surface area contributed by atoms with Gasteiger partial charge in [-0.1, -0.05) is 12.1 Å². The molecule has 28 heavy (non-hydrogen) atoms. The van der Waals surface area contributed by atoms with Crippen LogP contribution in [0, 0.1) is 13.8 Å². The van der Waals surface area contributed by atoms with Crippen molar-refractivity contribution in [3.8, 4) is 0 Å². The zero-order valence-electron chi connectivity index (χ0n) is 16.7. The van der Waals surface area contributed by atoms with Gasteiger partial charge in [0.1, 0.15) is 5.82 Å². The fourth-order valence-corrected chi connectivity index (χ4v) is 3.72. The van der Waals surface area contributed by atoms with Gasteiger partial charge >= 0.3 is 0 Å². The Bertz CT molecular complexity index is 901. The summed E-state index contributed by atoms with van der Waals surface area (Å²) in [5.41, 5.74) is 3.40. The van der Waals surface area contributed by atoms with Crippen molar-refractivity contribution in [3.05, 3.63) is 46.2 Å². The number of guanidine groups is 1. The Labute approximate surface area is 187 Å². The van der Waals surface area contributed by atoms with Crippen molar-refractivity contribution < 1.29 is 0 Å². The molecule has 0 atom stereocenters. The summed E-state index contributed by atoms with van der Waals surface area (Å²) >= 11 is 1.70. The Kier molecular flexibility index (Phi) is 9.17. The molecule has 2 N–H and O–H groups in total. The molecule has 0 aliphatic carbocycles. The van der Waals surface area contributed by atoms with Crippen LogP contribution in [0.5, 0.6) is 0 Å². The number of nitrogens with zero attached hydrogens (tertiary/aromatic N) is 4. The summed E-state index contributed by atoms with van der Waals surface area (Å²) in [6.45, 7) is 9.58. The van der Waals surface area contributed by atoms with Gasteiger partial charge in [0.15, 0.2) is 5.96 Å². The maximum Gasteiger partial charge on any atom is 0.191 e. The average molecular weight is 512 g/mol. The molecule has 1 aromatic carbocycles. The Hall–Kier alpha value is -1.68. The Morgan fingerprint density at radius 3 is 2.75 bits per heavy atom. The minimum atomic E-state index is 0. The van der Waals surface area contributed by atoms with Crippen LogP contribution in [0.4, 0.5) is 0 Å². The Balaban J connectivity index is 0.00000280. The standard InChI is InChI=1S/C20H28N6S.HI/c1-4-21-20(23-12-10-17-14-27-16(3)25-17)22-11-7-13-26-15(2)24-18-8-5-6-9-19(18)26;/h5-6,8-9,14H,4,7,10-13H2,1-3H3,(H2,21,22,23);1H. The van der Waals surface area contributed by atoms with Gasteiger partial charge in [0.25, 0.3) is 0 Å². The molecule has 0 saturated heterocycles. The first kappa shape index (κ1) is 22.6. The zero-order chi connectivity index (χ0) is 19.1. The first-order valence-corrected chi connectivity index (χ1v) is 10.4. The van der Waals surface area contributed by atoms with Gasteiger partial charge in [-0.2, -0.15) is 0 Å². The van der Waals surface area contributed by atoms with Crippen LogP contribution in [0.15, 0.2) is 34.6 Å². The number of rotatable bonds is 8. The lowest BCUT2D eigenvalue weighted by Crippen LogP contribution is -2.38. The van der Waals surface area contributed by atoms with E-state index >= 15 is 0 Å². The molecule has 3 rings (SSSR count). The fraction of sp³-hybridized carbons (Fsp3) is 0.450. The number of aliphatic imine (C=N–C) groups is 1. The van der Waals surface area contributed by atoms with Gasteiger partial charge in [-0.25, -0.2) is 9.97 Å². The quantitative estimate of drug-likeness (QED) is 0.208. The molecule has 6 nitrogen and oxygen atoms in total. The number of halogens is 1. The molecule has 0 saturated carbocycles. The molecule has 8 heteroatoms. The van der Waals surface area contributed by atoms with Gasteiger partial charge in [0.2, 0.25) is 0 Å². The summed E-state index contributed by atoms with van der Waals surface area (Å²) in [6, 6.07) is 8.29. The smallest absolute Gasteiger partial charge is 0.191 e. The molecule has 2 heterocycles. The van der Waals surface area contributed by atoms with Crippen molar-refractivity contribution in [1.82, 2.24) is 25.2 Å². The largest absolute Gasteiger partial charge is 0.357 e. The molecule has 0 bridgehead atoms. The van der Waals surface area contributed by atoms with E-state index in [0.29, 0.717) is 0 Å². The predicted molar refractivity (Wildman–Crippen MR) is 129 cm³/mol. The molecule has 0 spiro atoms. The van der Waals surface area contributed by atoms with Crippen LogP contribution in [0.1, 0.15) is 29.9 Å². The van der Waals surface area contributed by atoms with Crippen LogP contribution in [0.25, 0.3) is 11.0 Å². The second-order valence-corrected chi connectivity index (χ2v) is 7.51. The summed E-state index contributed by atoms with van der Waals surface area (Å²) in [7, 11) is 0. The van der Waals surface area contributed by atoms with Crippen LogP contribution in [-0.2, 0) is 13.0 Å². The molecule has 0 unspecified atom stereocenters. The highest BCUT2D eigenvalue weighted by atomic mass is 127. The summed E-state index contributed by atoms with van der Waals surface area (Å²) in [5, 5.41) is 9.95. The number of hydrogen-bond donors (Lipinski definition) is 2. The number of fused-ring (bicyclic) bond motifs is 1. The van der Waals surface area contributed by atoms with Crippen molar-refractivity contribution in [2.75, 3.05) is 19.6 Å². The second-order valence-electron chi connectivity index (χ2n) is 6.45. The van der Waals surface area contributed by atoms with E-state index in [4.69, 9.17) is 4.99 Å². The van der Waals surface area contributed by atoms with Gasteiger partial charge in [-0.05, 0) is 39.3 Å². The first-order valence-electron chi connectivity index (χ1n) is 9.52. The highest BCUT2D eigenvalue weighted by Crippen LogP contribution is 2.15. The lowest BCUT2D eigenvalue weighted by molar-refractivity contribution is 0.645. The molecular formula is C20H29IN6S. The van der Waals surface area contributed by atoms with Gasteiger partial charge in [-0.3, -0.25) is 4.99 Å². The first-order chi connectivity index (χ1) is 13.2. The normalized spacial score (nSPS) is 11.5. The summed E-state index contributed by atoms with van der Waals surface area (Å²) < 4.78 is 2.27. The fourth-order valence-electron chi connectivity index (χ4n) is 3.07. The highest BCUT2D eigenvalue weighted by molar-refractivity contribution is 14.0. The molecule has 3 aromatic rings. The predicted octanol–water partition coefficient (Wildman–Crippen LogP) is 3.92. The van der Waals surface area contributed by atoms with E-state index < -0.39 is 0 Å². The van der Waals surface area contributed by atoms with E-state index in [1.165, 1.54) is 5.52 Å². The monoisotopic (exact) mass is 512 g/mol. The van der Waals surface area contributed by atoms with Crippen LogP contribution in [-0.4, -0.2) is 40.1 Å². The molecule has 0 amide bonds. The van der Waals surface area contributed by atoms with Gasteiger partial charge in [0.05, 0.1) is 21.7 Å². The minimum Gasteiger partial charge on any atom is -0.357 e. The lowest BCUT2D eigenvalue weighted by Gasteiger charge is -2.11. The van der Waals surface area contributed by atoms with Crippen LogP contribution >= 0.6 is 35.3 Å². The van der Waals surface area contributed by atoms with Gasteiger partial charge in [0, 0.05) is 38.0 Å². The molecule has 152 valence electrons. The number of para-hydroxylation sites is 2. The van der Waals surface area contributed by atoms with E-state index in [9.17, 15) is 0 Å². The molecule has 0 fully saturated rings. The molecule has 0 radical (unpaired) electrons. The maximum atomic E-state index is 4.70. The van der Waals surface area contributed by atoms with Crippen LogP contribution in [0.3, 0.4) is 0 Å². The van der Waals surface area contributed by atoms with E-state index in [1.807, 2.05) is 13.0 Å². The number of hydrogen-bond acceptors (Lipinski definition) is 4. The third-order valence-corrected chi connectivity index (χ3v) is 5.16. The average Bonchev–Trinajstić information content (AvgIpc) is 3.21. The zero-order valence-corrected chi connectivity index (χ0v) is 19.9. The lowest BCUT2D eigenvalue weighted by atomic mass is 10.3. The highest BCUT2D eigenvalue weighted by Gasteiger charge is 2.06. The third kappa shape index (κ3) is 6.16. The summed E-state index contributed by atoms with van der Waals surface area (Å²) in [5.74, 6) is 1.93.